The average Bonchev–Trinajstić information content (AvgIpc) is 3.84. The Morgan fingerprint density at radius 3 is 2.20 bits per heavy atom. The zero-order valence-electron chi connectivity index (χ0n) is 39.0. The number of aromatic nitrogens is 4. The number of hydrogen-bond acceptors (Lipinski definition) is 18. The second-order valence-corrected chi connectivity index (χ2v) is 22.0. The van der Waals surface area contributed by atoms with Crippen molar-refractivity contribution in [1.29, 1.82) is 0 Å². The molecule has 1 aliphatic rings. The SMILES string of the molecule is CC/C=C\C/C=C\C/C=C\CCCCCCCCCC(=O)SCCNC(=O)CCNC(=O)C(O)C(C)(C)COP(=O)(O)OP(=O)(O)OC[C@H]1O[C@@H](n2cnc3c(N)ncnc32)[C@H](O)[C@@H]1OP(=O)(O)O. The Morgan fingerprint density at radius 1 is 0.884 bits per heavy atom. The number of anilines is 1. The molecule has 69 heavy (non-hydrogen) atoms. The van der Waals surface area contributed by atoms with Gasteiger partial charge < -0.3 is 50.9 Å². The molecule has 7 atom stereocenters. The van der Waals surface area contributed by atoms with E-state index in [0.29, 0.717) is 12.2 Å². The summed E-state index contributed by atoms with van der Waals surface area (Å²) < 4.78 is 62.4. The van der Waals surface area contributed by atoms with Crippen LogP contribution in [0.25, 0.3) is 11.2 Å². The number of nitrogens with one attached hydrogen (secondary N) is 2. The number of ether oxygens (including phenoxy) is 1. The number of aliphatic hydroxyl groups is 2. The number of imidazole rings is 1. The normalized spacial score (nSPS) is 20.2. The molecule has 0 saturated carbocycles. The molecule has 10 N–H and O–H groups in total. The van der Waals surface area contributed by atoms with Gasteiger partial charge >= 0.3 is 23.5 Å². The van der Waals surface area contributed by atoms with Crippen LogP contribution in [0, 0.1) is 5.41 Å². The minimum Gasteiger partial charge on any atom is -0.386 e. The van der Waals surface area contributed by atoms with E-state index in [9.17, 15) is 57.9 Å². The maximum absolute atomic E-state index is 12.7. The average molecular weight is 1060 g/mol. The van der Waals surface area contributed by atoms with Gasteiger partial charge in [-0.15, -0.1) is 0 Å². The van der Waals surface area contributed by atoms with Crippen LogP contribution in [0.3, 0.4) is 0 Å². The highest BCUT2D eigenvalue weighted by molar-refractivity contribution is 8.13. The summed E-state index contributed by atoms with van der Waals surface area (Å²) in [5, 5.41) is 26.7. The molecule has 0 radical (unpaired) electrons. The van der Waals surface area contributed by atoms with E-state index in [4.69, 9.17) is 19.5 Å². The summed E-state index contributed by atoms with van der Waals surface area (Å²) in [6.07, 6.45) is 18.5. The van der Waals surface area contributed by atoms with Crippen molar-refractivity contribution in [3.8, 4) is 0 Å². The van der Waals surface area contributed by atoms with Gasteiger partial charge in [0, 0.05) is 37.1 Å². The minimum atomic E-state index is -5.58. The van der Waals surface area contributed by atoms with Crippen LogP contribution in [0.15, 0.2) is 49.1 Å². The first-order valence-electron chi connectivity index (χ1n) is 22.6. The molecule has 0 aromatic carbocycles. The summed E-state index contributed by atoms with van der Waals surface area (Å²) >= 11 is 1.15. The number of phosphoric acid groups is 3. The van der Waals surface area contributed by atoms with E-state index in [1.165, 1.54) is 33.1 Å². The van der Waals surface area contributed by atoms with Gasteiger partial charge in [-0.1, -0.05) is 101 Å². The van der Waals surface area contributed by atoms with E-state index in [-0.39, 0.29) is 41.6 Å². The molecule has 3 unspecified atom stereocenters. The summed E-state index contributed by atoms with van der Waals surface area (Å²) in [5.74, 6) is -1.04. The van der Waals surface area contributed by atoms with Crippen molar-refractivity contribution in [2.24, 2.45) is 5.41 Å². The van der Waals surface area contributed by atoms with Crippen molar-refractivity contribution in [1.82, 2.24) is 30.2 Å². The van der Waals surface area contributed by atoms with Crippen LogP contribution in [0.5, 0.6) is 0 Å². The Hall–Kier alpha value is -3.22. The molecule has 1 aliphatic heterocycles. The molecule has 0 aliphatic carbocycles. The van der Waals surface area contributed by atoms with Gasteiger partial charge in [-0.3, -0.25) is 32.5 Å². The van der Waals surface area contributed by atoms with Gasteiger partial charge in [0.15, 0.2) is 22.8 Å². The molecule has 0 bridgehead atoms. The third kappa shape index (κ3) is 22.8. The van der Waals surface area contributed by atoms with Gasteiger partial charge in [0.1, 0.15) is 36.3 Å². The standard InChI is InChI=1S/C41H68N7O17P3S/c1-4-5-6-7-8-9-10-11-12-13-14-15-16-17-18-19-20-21-32(50)69-25-24-43-31(49)22-23-44-39(53)36(52)41(2,3)27-62-68(59,60)65-67(57,58)61-26-30-35(64-66(54,55)56)34(51)40(63-30)48-29-47-33-37(42)45-28-46-38(33)48/h5-6,8-9,11-12,28-30,34-36,40,51-52H,4,7,10,13-27H2,1-3H3,(H,43,49)(H,44,53)(H,57,58)(H,59,60)(H2,42,45,46)(H2,54,55,56)/b6-5-,9-8-,12-11-/t30-,34-,35-,36?,40-/m1/s1. The monoisotopic (exact) mass is 1060 g/mol. The Labute approximate surface area is 405 Å². The smallest absolute Gasteiger partial charge is 0.386 e. The first-order valence-corrected chi connectivity index (χ1v) is 28.1. The molecule has 3 rings (SSSR count). The van der Waals surface area contributed by atoms with Crippen LogP contribution in [0.1, 0.15) is 110 Å². The number of aliphatic hydroxyl groups excluding tert-OH is 2. The largest absolute Gasteiger partial charge is 0.481 e. The molecule has 0 spiro atoms. The molecular formula is C41H68N7O17P3S. The van der Waals surface area contributed by atoms with E-state index >= 15 is 0 Å². The maximum atomic E-state index is 12.7. The third-order valence-electron chi connectivity index (χ3n) is 10.3. The predicted octanol–water partition coefficient (Wildman–Crippen LogP) is 5.03. The molecule has 24 nitrogen and oxygen atoms in total. The summed E-state index contributed by atoms with van der Waals surface area (Å²) in [7, 11) is -16.4. The zero-order valence-corrected chi connectivity index (χ0v) is 42.5. The highest BCUT2D eigenvalue weighted by atomic mass is 32.2. The number of rotatable bonds is 34. The van der Waals surface area contributed by atoms with Crippen LogP contribution in [-0.2, 0) is 50.7 Å². The number of thioether (sulfide) groups is 1. The molecule has 2 aromatic rings. The van der Waals surface area contributed by atoms with E-state index in [1.807, 2.05) is 0 Å². The number of phosphoric ester groups is 3. The van der Waals surface area contributed by atoms with Crippen molar-refractivity contribution in [3.05, 3.63) is 49.1 Å². The third-order valence-corrected chi connectivity index (χ3v) is 14.3. The highest BCUT2D eigenvalue weighted by Gasteiger charge is 2.50. The summed E-state index contributed by atoms with van der Waals surface area (Å²) in [5.41, 5.74) is 4.28. The van der Waals surface area contributed by atoms with Gasteiger partial charge in [-0.05, 0) is 38.5 Å². The maximum Gasteiger partial charge on any atom is 0.481 e. The fourth-order valence-corrected chi connectivity index (χ4v) is 10.2. The number of allylic oxidation sites excluding steroid dienone is 6. The van der Waals surface area contributed by atoms with Gasteiger partial charge in [-0.25, -0.2) is 28.6 Å². The molecule has 2 aromatic heterocycles. The number of carbonyl (C=O) groups is 3. The number of amides is 2. The lowest BCUT2D eigenvalue weighted by Gasteiger charge is -2.30. The van der Waals surface area contributed by atoms with Gasteiger partial charge in [0.25, 0.3) is 0 Å². The van der Waals surface area contributed by atoms with Crippen molar-refractivity contribution >= 4 is 69.1 Å². The lowest BCUT2D eigenvalue weighted by atomic mass is 9.87. The lowest BCUT2D eigenvalue weighted by molar-refractivity contribution is -0.137. The summed E-state index contributed by atoms with van der Waals surface area (Å²) in [6, 6.07) is 0. The van der Waals surface area contributed by atoms with Crippen LogP contribution in [0.4, 0.5) is 5.82 Å². The van der Waals surface area contributed by atoms with E-state index in [2.05, 4.69) is 77.8 Å². The van der Waals surface area contributed by atoms with Crippen molar-refractivity contribution in [2.45, 2.75) is 135 Å². The molecule has 3 heterocycles. The minimum absolute atomic E-state index is 0.0321. The topological polar surface area (TPSA) is 364 Å². The van der Waals surface area contributed by atoms with Gasteiger partial charge in [0.2, 0.25) is 11.8 Å². The first-order chi connectivity index (χ1) is 32.6. The Bertz CT molecular complexity index is 2170. The number of carbonyl (C=O) groups excluding carboxylic acids is 3. The number of nitrogen functional groups attached to an aromatic ring is 1. The second-order valence-electron chi connectivity index (χ2n) is 16.6. The van der Waals surface area contributed by atoms with Crippen LogP contribution >= 0.6 is 35.2 Å². The first kappa shape index (κ1) is 60.1. The van der Waals surface area contributed by atoms with Crippen molar-refractivity contribution in [2.75, 3.05) is 37.8 Å². The fraction of sp³-hybridized carbons (Fsp3) is 0.659. The summed E-state index contributed by atoms with van der Waals surface area (Å²) in [4.78, 5) is 88.4. The van der Waals surface area contributed by atoms with Crippen molar-refractivity contribution in [3.63, 3.8) is 0 Å². The fourth-order valence-electron chi connectivity index (χ4n) is 6.61. The Kier molecular flexibility index (Phi) is 26.1. The number of unbranched alkanes of at least 4 members (excludes halogenated alkanes) is 7. The van der Waals surface area contributed by atoms with Gasteiger partial charge in [-0.2, -0.15) is 4.31 Å². The molecule has 2 amide bonds. The second kappa shape index (κ2) is 30.0. The molecule has 28 heteroatoms. The molecule has 1 fully saturated rings. The molecule has 390 valence electrons. The Morgan fingerprint density at radius 2 is 1.52 bits per heavy atom. The van der Waals surface area contributed by atoms with Crippen LogP contribution < -0.4 is 16.4 Å². The quantitative estimate of drug-likeness (QED) is 0.0252. The van der Waals surface area contributed by atoms with Crippen LogP contribution in [-0.4, -0.2) is 123 Å². The lowest BCUT2D eigenvalue weighted by Crippen LogP contribution is -2.46. The number of hydrogen-bond donors (Lipinski definition) is 9. The molecule has 1 saturated heterocycles. The number of nitrogens with zero attached hydrogens (tertiary/aromatic N) is 4. The van der Waals surface area contributed by atoms with E-state index in [0.717, 1.165) is 80.4 Å². The zero-order chi connectivity index (χ0) is 51.1. The van der Waals surface area contributed by atoms with E-state index < -0.39 is 84.6 Å². The predicted molar refractivity (Wildman–Crippen MR) is 256 cm³/mol. The Balaban J connectivity index is 1.28. The summed E-state index contributed by atoms with van der Waals surface area (Å²) in [6.45, 7) is 2.68. The number of fused-ring (bicyclic) bond motifs is 1. The van der Waals surface area contributed by atoms with E-state index in [1.54, 1.807) is 0 Å². The van der Waals surface area contributed by atoms with Crippen molar-refractivity contribution < 1.29 is 80.5 Å². The number of nitrogens with two attached hydrogens (primary N) is 1. The molecular weight excluding hydrogens is 987 g/mol. The van der Waals surface area contributed by atoms with Crippen LogP contribution in [0.2, 0.25) is 0 Å². The highest BCUT2D eigenvalue weighted by Crippen LogP contribution is 2.61. The van der Waals surface area contributed by atoms with Gasteiger partial charge in [0.05, 0.1) is 19.5 Å².